The van der Waals surface area contributed by atoms with Gasteiger partial charge in [-0.25, -0.2) is 9.48 Å². The summed E-state index contributed by atoms with van der Waals surface area (Å²) >= 11 is 0. The van der Waals surface area contributed by atoms with E-state index in [4.69, 9.17) is 19.3 Å². The fourth-order valence-electron chi connectivity index (χ4n) is 2.13. The fraction of sp³-hybridized carbons (Fsp3) is 0.286. The van der Waals surface area contributed by atoms with Gasteiger partial charge in [0.1, 0.15) is 6.54 Å². The lowest BCUT2D eigenvalue weighted by Crippen LogP contribution is -2.35. The maximum Gasteiger partial charge on any atom is 0.345 e. The van der Waals surface area contributed by atoms with Crippen LogP contribution in [0, 0.1) is 0 Å². The lowest BCUT2D eigenvalue weighted by Gasteiger charge is -2.15. The summed E-state index contributed by atoms with van der Waals surface area (Å²) in [5.41, 5.74) is -1.68. The first-order valence-electron chi connectivity index (χ1n) is 6.65. The number of H-pyrrole nitrogens is 1. The number of nitrogens with one attached hydrogen (secondary N) is 1. The maximum absolute atomic E-state index is 12.1. The van der Waals surface area contributed by atoms with Gasteiger partial charge >= 0.3 is 11.7 Å². The number of hydrogen-bond acceptors (Lipinski definition) is 7. The molecule has 24 heavy (non-hydrogen) atoms. The average molecular weight is 337 g/mol. The van der Waals surface area contributed by atoms with E-state index in [0.717, 1.165) is 0 Å². The van der Waals surface area contributed by atoms with E-state index in [1.165, 1.54) is 33.5 Å². The quantitative estimate of drug-likeness (QED) is 0.734. The second-order valence-corrected chi connectivity index (χ2v) is 4.54. The van der Waals surface area contributed by atoms with Crippen molar-refractivity contribution >= 4 is 5.97 Å². The van der Waals surface area contributed by atoms with Crippen LogP contribution in [0.25, 0.3) is 11.3 Å². The van der Waals surface area contributed by atoms with Crippen LogP contribution in [-0.2, 0) is 11.3 Å². The van der Waals surface area contributed by atoms with Crippen molar-refractivity contribution in [1.82, 2.24) is 14.8 Å². The van der Waals surface area contributed by atoms with Gasteiger partial charge in [0.25, 0.3) is 5.56 Å². The Labute approximate surface area is 135 Å². The number of nitrogens with zero attached hydrogens (tertiary/aromatic N) is 2. The third-order valence-electron chi connectivity index (χ3n) is 3.14. The highest BCUT2D eigenvalue weighted by Gasteiger charge is 2.21. The summed E-state index contributed by atoms with van der Waals surface area (Å²) in [6.07, 6.45) is 0. The minimum Gasteiger partial charge on any atom is -0.493 e. The number of aromatic amines is 1. The molecule has 0 aliphatic carbocycles. The molecule has 2 N–H and O–H groups in total. The summed E-state index contributed by atoms with van der Waals surface area (Å²) in [6, 6.07) is 3.03. The minimum atomic E-state index is -1.28. The average Bonchev–Trinajstić information content (AvgIpc) is 2.55. The maximum atomic E-state index is 12.1. The molecule has 1 aromatic heterocycles. The first-order chi connectivity index (χ1) is 11.4. The predicted octanol–water partition coefficient (Wildman–Crippen LogP) is -0.291. The van der Waals surface area contributed by atoms with Gasteiger partial charge in [-0.1, -0.05) is 0 Å². The van der Waals surface area contributed by atoms with Crippen molar-refractivity contribution in [2.45, 2.75) is 6.54 Å². The van der Waals surface area contributed by atoms with Crippen LogP contribution in [0.1, 0.15) is 0 Å². The van der Waals surface area contributed by atoms with Gasteiger partial charge in [0, 0.05) is 0 Å². The number of aromatic nitrogens is 3. The van der Waals surface area contributed by atoms with Crippen LogP contribution in [-0.4, -0.2) is 47.2 Å². The number of carboxylic acid groups (broad SMARTS) is 1. The van der Waals surface area contributed by atoms with Crippen molar-refractivity contribution in [1.29, 1.82) is 0 Å². The van der Waals surface area contributed by atoms with E-state index in [1.54, 1.807) is 0 Å². The smallest absolute Gasteiger partial charge is 0.345 e. The molecule has 0 aliphatic rings. The lowest BCUT2D eigenvalue weighted by atomic mass is 10.1. The zero-order valence-corrected chi connectivity index (χ0v) is 13.2. The Morgan fingerprint density at radius 2 is 1.83 bits per heavy atom. The van der Waals surface area contributed by atoms with Gasteiger partial charge < -0.3 is 19.3 Å². The summed E-state index contributed by atoms with van der Waals surface area (Å²) in [7, 11) is 4.20. The van der Waals surface area contributed by atoms with Gasteiger partial charge in [-0.2, -0.15) is 5.10 Å². The van der Waals surface area contributed by atoms with Crippen LogP contribution in [0.5, 0.6) is 17.2 Å². The monoisotopic (exact) mass is 337 g/mol. The van der Waals surface area contributed by atoms with Crippen LogP contribution < -0.4 is 25.5 Å². The zero-order valence-electron chi connectivity index (χ0n) is 13.2. The van der Waals surface area contributed by atoms with Gasteiger partial charge in [0.2, 0.25) is 5.75 Å². The molecular formula is C14H15N3O7. The molecule has 0 radical (unpaired) electrons. The molecule has 10 nitrogen and oxygen atoms in total. The summed E-state index contributed by atoms with van der Waals surface area (Å²) < 4.78 is 16.3. The number of aliphatic carboxylic acids is 1. The van der Waals surface area contributed by atoms with E-state index < -0.39 is 23.8 Å². The summed E-state index contributed by atoms with van der Waals surface area (Å²) in [6.45, 7) is -0.696. The molecule has 0 amide bonds. The Bertz CT molecular complexity index is 885. The van der Waals surface area contributed by atoms with Crippen LogP contribution in [0.3, 0.4) is 0 Å². The number of hydrogen-bond donors (Lipinski definition) is 2. The molecule has 0 atom stereocenters. The van der Waals surface area contributed by atoms with Crippen LogP contribution in [0.2, 0.25) is 0 Å². The third-order valence-corrected chi connectivity index (χ3v) is 3.14. The molecule has 2 aromatic rings. The Hall–Kier alpha value is -3.30. The Morgan fingerprint density at radius 1 is 1.17 bits per heavy atom. The highest BCUT2D eigenvalue weighted by molar-refractivity contribution is 5.73. The van der Waals surface area contributed by atoms with Gasteiger partial charge in [-0.05, 0) is 12.1 Å². The molecule has 0 spiro atoms. The predicted molar refractivity (Wildman–Crippen MR) is 81.8 cm³/mol. The van der Waals surface area contributed by atoms with E-state index in [9.17, 15) is 14.4 Å². The first kappa shape index (κ1) is 17.1. The molecule has 0 saturated heterocycles. The highest BCUT2D eigenvalue weighted by Crippen LogP contribution is 2.42. The molecule has 10 heteroatoms. The molecule has 2 rings (SSSR count). The van der Waals surface area contributed by atoms with E-state index in [1.807, 2.05) is 4.98 Å². The molecule has 0 fully saturated rings. The largest absolute Gasteiger partial charge is 0.493 e. The van der Waals surface area contributed by atoms with Crippen molar-refractivity contribution in [2.75, 3.05) is 21.3 Å². The van der Waals surface area contributed by atoms with Gasteiger partial charge in [0.05, 0.1) is 26.9 Å². The summed E-state index contributed by atoms with van der Waals surface area (Å²) in [5, 5.41) is 12.6. The van der Waals surface area contributed by atoms with Crippen molar-refractivity contribution in [3.8, 4) is 28.5 Å². The van der Waals surface area contributed by atoms with E-state index in [0.29, 0.717) is 10.4 Å². The normalized spacial score (nSPS) is 10.3. The fourth-order valence-corrected chi connectivity index (χ4v) is 2.13. The summed E-state index contributed by atoms with van der Waals surface area (Å²) in [4.78, 5) is 36.6. The van der Waals surface area contributed by atoms with E-state index in [-0.39, 0.29) is 22.8 Å². The topological polar surface area (TPSA) is 133 Å². The van der Waals surface area contributed by atoms with Crippen molar-refractivity contribution in [3.63, 3.8) is 0 Å². The molecule has 0 aliphatic heterocycles. The number of ether oxygens (including phenoxy) is 3. The number of carbonyl (C=O) groups is 1. The molecule has 0 bridgehead atoms. The molecule has 1 heterocycles. The Kier molecular flexibility index (Phi) is 4.87. The third kappa shape index (κ3) is 3.07. The minimum absolute atomic E-state index is 0.162. The molecule has 0 saturated carbocycles. The van der Waals surface area contributed by atoms with Gasteiger partial charge in [0.15, 0.2) is 17.2 Å². The first-order valence-corrected chi connectivity index (χ1v) is 6.65. The standard InChI is InChI=1S/C14H15N3O7/c1-22-8-5-4-7(11(23-2)12(8)24-3)10-13(20)15-14(21)17(16-10)6-9(18)19/h4-5H,6H2,1-3H3,(H,18,19)(H,15,20,21). The van der Waals surface area contributed by atoms with Crippen molar-refractivity contribution in [3.05, 3.63) is 33.0 Å². The van der Waals surface area contributed by atoms with Gasteiger partial charge in [-0.3, -0.25) is 14.6 Å². The second kappa shape index (κ2) is 6.86. The number of methoxy groups -OCH3 is 3. The zero-order chi connectivity index (χ0) is 17.9. The number of benzene rings is 1. The van der Waals surface area contributed by atoms with Gasteiger partial charge in [-0.15, -0.1) is 0 Å². The molecule has 128 valence electrons. The Balaban J connectivity index is 2.74. The highest BCUT2D eigenvalue weighted by atomic mass is 16.5. The SMILES string of the molecule is COc1ccc(-c2nn(CC(=O)O)c(=O)[nH]c2=O)c(OC)c1OC. The van der Waals surface area contributed by atoms with E-state index in [2.05, 4.69) is 5.10 Å². The van der Waals surface area contributed by atoms with Crippen molar-refractivity contribution in [2.24, 2.45) is 0 Å². The number of rotatable bonds is 6. The Morgan fingerprint density at radius 3 is 2.38 bits per heavy atom. The lowest BCUT2D eigenvalue weighted by molar-refractivity contribution is -0.138. The van der Waals surface area contributed by atoms with Crippen LogP contribution >= 0.6 is 0 Å². The summed E-state index contributed by atoms with van der Waals surface area (Å²) in [5.74, 6) is -0.514. The molecule has 1 aromatic carbocycles. The number of carboxylic acids is 1. The molecular weight excluding hydrogens is 322 g/mol. The van der Waals surface area contributed by atoms with Crippen LogP contribution in [0.15, 0.2) is 21.7 Å². The van der Waals surface area contributed by atoms with E-state index >= 15 is 0 Å². The second-order valence-electron chi connectivity index (χ2n) is 4.54. The molecule has 0 unspecified atom stereocenters. The van der Waals surface area contributed by atoms with Crippen LogP contribution in [0.4, 0.5) is 0 Å². The van der Waals surface area contributed by atoms with Crippen molar-refractivity contribution < 1.29 is 24.1 Å².